The Morgan fingerprint density at radius 1 is 0.418 bits per heavy atom. The van der Waals surface area contributed by atoms with Crippen molar-refractivity contribution in [1.82, 2.24) is 9.78 Å². The summed E-state index contributed by atoms with van der Waals surface area (Å²) in [6.45, 7) is 13.7. The number of anilines is 3. The molecule has 110 heavy (non-hydrogen) atoms. The van der Waals surface area contributed by atoms with Crippen molar-refractivity contribution in [3.63, 3.8) is 0 Å². The third-order valence-electron chi connectivity index (χ3n) is 12.4. The number of ketones is 2. The molecule has 0 saturated carbocycles. The van der Waals surface area contributed by atoms with Gasteiger partial charge in [-0.2, -0.15) is 59.5 Å². The number of ether oxygens (including phenoxy) is 6. The van der Waals surface area contributed by atoms with E-state index >= 15 is 0 Å². The lowest BCUT2D eigenvalue weighted by Gasteiger charge is -2.11. The number of aromatic nitrogens is 2. The number of nitrogens with zero attached hydrogens (tertiary/aromatic N) is 4. The Balaban J connectivity index is 0.000000454. The highest BCUT2D eigenvalue weighted by Gasteiger charge is 2.38. The Hall–Kier alpha value is -10.2. The van der Waals surface area contributed by atoms with Crippen LogP contribution in [0, 0.1) is 48.8 Å². The number of nitrogen functional groups attached to an aromatic ring is 1. The minimum atomic E-state index is -5.08. The SMILES string of the molecule is CCOC(=O)c1cc(-n2ncc(C(F)(F)F)cc2=O)c(F)cc1Cl.CCOC(=O)c1cc(C)c(F)cc1Cl.CCOC(=O)c1cc(C)c(F)cc1Cl.CCOC(=O)c1cc(N)c(F)cc1Cl.CCOC(=O)c1cc(N/N=C/C(=O)C(F)(F)F)c(F)cc1Cl.CCOC(=O)c1cc(N/N=C/C(=O)C(F)(F)F)c(F)cc1Cl. The topological polar surface area (TPSA) is 302 Å². The number of esters is 6. The van der Waals surface area contributed by atoms with Crippen molar-refractivity contribution in [3.8, 4) is 5.69 Å². The molecule has 0 fully saturated rings. The lowest BCUT2D eigenvalue weighted by Crippen LogP contribution is -2.24. The molecule has 1 aromatic heterocycles. The van der Waals surface area contributed by atoms with Crippen LogP contribution in [0.2, 0.25) is 30.1 Å². The molecule has 0 radical (unpaired) electrons. The quantitative estimate of drug-likeness (QED) is 0.0169. The van der Waals surface area contributed by atoms with Gasteiger partial charge in [0.05, 0.1) is 144 Å². The number of halogens is 21. The van der Waals surface area contributed by atoms with E-state index in [1.807, 2.05) is 10.9 Å². The number of aryl methyl sites for hydroxylation is 2. The maximum Gasteiger partial charge on any atom is 0.455 e. The predicted molar refractivity (Wildman–Crippen MR) is 373 cm³/mol. The van der Waals surface area contributed by atoms with E-state index in [1.165, 1.54) is 19.1 Å². The number of alkyl halides is 9. The third-order valence-corrected chi connectivity index (χ3v) is 14.2. The van der Waals surface area contributed by atoms with E-state index in [2.05, 4.69) is 24.8 Å². The fourth-order valence-electron chi connectivity index (χ4n) is 7.25. The molecule has 0 amide bonds. The van der Waals surface area contributed by atoms with Crippen molar-refractivity contribution in [2.24, 2.45) is 10.2 Å². The summed E-state index contributed by atoms with van der Waals surface area (Å²) in [5.74, 6) is -13.2. The zero-order valence-electron chi connectivity index (χ0n) is 57.4. The number of benzene rings is 6. The van der Waals surface area contributed by atoms with Crippen LogP contribution in [0.15, 0.2) is 100 Å². The van der Waals surface area contributed by atoms with Gasteiger partial charge in [-0.1, -0.05) is 69.6 Å². The molecule has 0 unspecified atom stereocenters. The second kappa shape index (κ2) is 44.4. The summed E-state index contributed by atoms with van der Waals surface area (Å²) < 4.78 is 218. The molecule has 6 aromatic carbocycles. The number of hydrogen-bond acceptors (Lipinski definition) is 21. The zero-order chi connectivity index (χ0) is 84.0. The molecule has 0 spiro atoms. The van der Waals surface area contributed by atoms with Gasteiger partial charge in [0.15, 0.2) is 5.82 Å². The van der Waals surface area contributed by atoms with E-state index in [9.17, 15) is 109 Å². The van der Waals surface area contributed by atoms with Crippen LogP contribution in [0.5, 0.6) is 0 Å². The highest BCUT2D eigenvalue weighted by atomic mass is 35.5. The van der Waals surface area contributed by atoms with Gasteiger partial charge in [-0.3, -0.25) is 25.2 Å². The first-order valence-electron chi connectivity index (χ1n) is 30.3. The Bertz CT molecular complexity index is 4350. The molecular formula is C67H56Cl6F15N7O15. The molecule has 0 atom stereocenters. The lowest BCUT2D eigenvalue weighted by atomic mass is 10.1. The molecule has 7 rings (SSSR count). The van der Waals surface area contributed by atoms with Crippen LogP contribution in [0.3, 0.4) is 0 Å². The summed E-state index contributed by atoms with van der Waals surface area (Å²) in [5.41, 5.74) is 5.59. The largest absolute Gasteiger partial charge is 0.462 e. The van der Waals surface area contributed by atoms with Gasteiger partial charge in [0, 0.05) is 6.07 Å². The van der Waals surface area contributed by atoms with E-state index in [0.717, 1.165) is 60.7 Å². The summed E-state index contributed by atoms with van der Waals surface area (Å²) in [4.78, 5) is 102. The first-order chi connectivity index (χ1) is 51.1. The average Bonchev–Trinajstić information content (AvgIpc) is 0.788. The van der Waals surface area contributed by atoms with Gasteiger partial charge >= 0.3 is 54.3 Å². The zero-order valence-corrected chi connectivity index (χ0v) is 61.9. The maximum absolute atomic E-state index is 14.0. The molecule has 0 saturated heterocycles. The number of Topliss-reactive ketones (excluding diaryl/α,β-unsaturated/α-hetero) is 2. The Morgan fingerprint density at radius 2 is 0.691 bits per heavy atom. The molecular weight excluding hydrogens is 1640 g/mol. The van der Waals surface area contributed by atoms with Crippen molar-refractivity contribution >= 4 is 146 Å². The van der Waals surface area contributed by atoms with Crippen LogP contribution in [0.4, 0.5) is 82.9 Å². The molecule has 596 valence electrons. The van der Waals surface area contributed by atoms with Gasteiger partial charge in [-0.25, -0.2) is 55.1 Å². The second-order valence-electron chi connectivity index (χ2n) is 20.2. The highest BCUT2D eigenvalue weighted by molar-refractivity contribution is 6.36. The van der Waals surface area contributed by atoms with Crippen molar-refractivity contribution in [2.75, 3.05) is 56.2 Å². The number of hydrazone groups is 2. The van der Waals surface area contributed by atoms with Gasteiger partial charge in [0.1, 0.15) is 34.8 Å². The van der Waals surface area contributed by atoms with E-state index in [0.29, 0.717) is 22.0 Å². The predicted octanol–water partition coefficient (Wildman–Crippen LogP) is 17.8. The Morgan fingerprint density at radius 3 is 0.982 bits per heavy atom. The van der Waals surface area contributed by atoms with Gasteiger partial charge in [0.2, 0.25) is 0 Å². The summed E-state index contributed by atoms with van der Waals surface area (Å²) >= 11 is 34.1. The number of nitrogens with one attached hydrogen (secondary N) is 2. The molecule has 7 aromatic rings. The summed E-state index contributed by atoms with van der Waals surface area (Å²) in [6.07, 6.45) is -14.7. The number of carbonyl (C=O) groups is 8. The van der Waals surface area contributed by atoms with E-state index in [1.54, 1.807) is 48.5 Å². The average molecular weight is 1700 g/mol. The van der Waals surface area contributed by atoms with Gasteiger partial charge in [-0.05, 0) is 139 Å². The molecule has 0 aliphatic rings. The highest BCUT2D eigenvalue weighted by Crippen LogP contribution is 2.31. The van der Waals surface area contributed by atoms with Crippen LogP contribution >= 0.6 is 69.6 Å². The van der Waals surface area contributed by atoms with Gasteiger partial charge in [-0.15, -0.1) is 0 Å². The van der Waals surface area contributed by atoms with E-state index in [4.69, 9.17) is 94.3 Å². The van der Waals surface area contributed by atoms with Gasteiger partial charge in [0.25, 0.3) is 17.1 Å². The Labute approximate surface area is 642 Å². The second-order valence-corrected chi connectivity index (χ2v) is 22.6. The molecule has 22 nitrogen and oxygen atoms in total. The molecule has 0 aliphatic carbocycles. The first-order valence-corrected chi connectivity index (χ1v) is 32.6. The lowest BCUT2D eigenvalue weighted by molar-refractivity contribution is -0.162. The standard InChI is InChI=1S/C14H9ClF4N2O3.2C12H9ClF4N2O3.2C10H10ClFO2.C9H9ClFNO2/c1-2-24-13(23)8-4-11(10(16)5-9(8)15)21-12(22)3-7(6-20-21)14(17,18)19;2*1-2-22-11(21)6-3-9(8(14)4-7(6)13)19-18-5-10(20)12(15,16)17;2*1-3-14-10(13)7-4-6(2)9(12)5-8(7)11;1-2-14-9(13)5-3-8(12)7(11)4-6(5)10/h3-6H,2H2,1H3;2*3-5,19H,2H2,1H3;2*4-5H,3H2,1-2H3;3-4H,2,12H2,1H3/b;2*18-5+;;;. The maximum atomic E-state index is 14.0. The molecule has 0 bridgehead atoms. The molecule has 43 heteroatoms. The van der Waals surface area contributed by atoms with Crippen molar-refractivity contribution in [2.45, 2.75) is 73.9 Å². The number of rotatable bonds is 19. The number of carbonyl (C=O) groups excluding carboxylic acids is 8. The normalized spacial score (nSPS) is 10.9. The fourth-order valence-corrected chi connectivity index (χ4v) is 8.62. The molecule has 0 aliphatic heterocycles. The van der Waals surface area contributed by atoms with Gasteiger partial charge < -0.3 is 34.2 Å². The van der Waals surface area contributed by atoms with Crippen LogP contribution in [0.25, 0.3) is 5.69 Å². The summed E-state index contributed by atoms with van der Waals surface area (Å²) in [7, 11) is 0. The van der Waals surface area contributed by atoms with Crippen molar-refractivity contribution < 1.29 is 133 Å². The van der Waals surface area contributed by atoms with E-state index in [-0.39, 0.29) is 127 Å². The minimum absolute atomic E-state index is 0.00449. The van der Waals surface area contributed by atoms with Crippen molar-refractivity contribution in [3.05, 3.63) is 211 Å². The smallest absolute Gasteiger partial charge is 0.455 e. The summed E-state index contributed by atoms with van der Waals surface area (Å²) in [5, 5.41) is 8.63. The molecule has 4 N–H and O–H groups in total. The molecule has 1 heterocycles. The fraction of sp³-hybridized carbons (Fsp3) is 0.254. The Kier molecular flexibility index (Phi) is 38.7. The monoisotopic (exact) mass is 1690 g/mol. The minimum Gasteiger partial charge on any atom is -0.462 e. The third kappa shape index (κ3) is 30.0. The number of hydrogen-bond donors (Lipinski definition) is 3. The van der Waals surface area contributed by atoms with Crippen LogP contribution < -0.4 is 22.1 Å². The van der Waals surface area contributed by atoms with Crippen LogP contribution in [-0.2, 0) is 44.2 Å². The van der Waals surface area contributed by atoms with Crippen LogP contribution in [-0.4, -0.2) is 122 Å². The number of nitrogens with two attached hydrogens (primary N) is 1. The summed E-state index contributed by atoms with van der Waals surface area (Å²) in [6, 6.07) is 12.4. The first kappa shape index (κ1) is 95.9. The van der Waals surface area contributed by atoms with Crippen LogP contribution in [0.1, 0.15) is 120 Å². The van der Waals surface area contributed by atoms with E-state index < -0.39 is 129 Å². The van der Waals surface area contributed by atoms with Crippen molar-refractivity contribution in [1.29, 1.82) is 0 Å².